The molecule has 0 aromatic rings. The summed E-state index contributed by atoms with van der Waals surface area (Å²) in [7, 11) is 0. The van der Waals surface area contributed by atoms with Gasteiger partial charge in [0.1, 0.15) is 0 Å². The summed E-state index contributed by atoms with van der Waals surface area (Å²) in [5.74, 6) is 0. The van der Waals surface area contributed by atoms with Crippen LogP contribution in [0.15, 0.2) is 23.8 Å². The Bertz CT molecular complexity index is 170. The molecule has 0 unspecified atom stereocenters. The number of allylic oxidation sites excluding steroid dienone is 4. The fourth-order valence-corrected chi connectivity index (χ4v) is 1.21. The van der Waals surface area contributed by atoms with Gasteiger partial charge in [-0.3, -0.25) is 0 Å². The van der Waals surface area contributed by atoms with Crippen LogP contribution < -0.4 is 0 Å². The summed E-state index contributed by atoms with van der Waals surface area (Å²) in [4.78, 5) is 0. The van der Waals surface area contributed by atoms with Gasteiger partial charge in [-0.2, -0.15) is 0 Å². The van der Waals surface area contributed by atoms with E-state index in [1.54, 1.807) is 0 Å². The molecule has 0 nitrogen and oxygen atoms in total. The van der Waals surface area contributed by atoms with Gasteiger partial charge in [-0.05, 0) is 25.2 Å². The Morgan fingerprint density at radius 1 is 1.50 bits per heavy atom. The van der Waals surface area contributed by atoms with Crippen LogP contribution >= 0.6 is 0 Å². The molecule has 0 aliphatic heterocycles. The summed E-state index contributed by atoms with van der Waals surface area (Å²) < 4.78 is 0. The molecule has 1 aliphatic rings. The molecular formula is C10H16. The lowest BCUT2D eigenvalue weighted by molar-refractivity contribution is 0.428. The van der Waals surface area contributed by atoms with E-state index < -0.39 is 0 Å². The monoisotopic (exact) mass is 136 g/mol. The van der Waals surface area contributed by atoms with Crippen molar-refractivity contribution in [2.45, 2.75) is 33.6 Å². The molecule has 0 N–H and O–H groups in total. The zero-order valence-corrected chi connectivity index (χ0v) is 7.15. The van der Waals surface area contributed by atoms with Crippen LogP contribution in [0.1, 0.15) is 33.6 Å². The first-order valence-electron chi connectivity index (χ1n) is 3.98. The second kappa shape index (κ2) is 2.61. The van der Waals surface area contributed by atoms with Crippen molar-refractivity contribution in [1.82, 2.24) is 0 Å². The first-order chi connectivity index (χ1) is 4.64. The predicted molar refractivity (Wildman–Crippen MR) is 45.9 cm³/mol. The van der Waals surface area contributed by atoms with Gasteiger partial charge in [-0.1, -0.05) is 37.6 Å². The van der Waals surface area contributed by atoms with Gasteiger partial charge in [-0.25, -0.2) is 0 Å². The highest BCUT2D eigenvalue weighted by atomic mass is 14.2. The third-order valence-electron chi connectivity index (χ3n) is 2.18. The normalized spacial score (nSPS) is 27.3. The van der Waals surface area contributed by atoms with E-state index >= 15 is 0 Å². The van der Waals surface area contributed by atoms with Gasteiger partial charge in [0.15, 0.2) is 0 Å². The van der Waals surface area contributed by atoms with E-state index in [0.717, 1.165) is 0 Å². The predicted octanol–water partition coefficient (Wildman–Crippen LogP) is 3.31. The summed E-state index contributed by atoms with van der Waals surface area (Å²) in [5, 5.41) is 0. The molecule has 0 amide bonds. The zero-order valence-electron chi connectivity index (χ0n) is 7.15. The van der Waals surface area contributed by atoms with Crippen LogP contribution in [0.2, 0.25) is 0 Å². The second-order valence-corrected chi connectivity index (χ2v) is 3.69. The largest absolute Gasteiger partial charge is 0.0845 e. The third-order valence-corrected chi connectivity index (χ3v) is 2.18. The SMILES string of the molecule is CC=C1C=CC(C)(C)CC1. The van der Waals surface area contributed by atoms with Crippen LogP contribution in [-0.2, 0) is 0 Å². The van der Waals surface area contributed by atoms with Crippen LogP contribution in [-0.4, -0.2) is 0 Å². The van der Waals surface area contributed by atoms with E-state index in [0.29, 0.717) is 5.41 Å². The lowest BCUT2D eigenvalue weighted by Gasteiger charge is -2.24. The fraction of sp³-hybridized carbons (Fsp3) is 0.600. The minimum absolute atomic E-state index is 0.437. The molecule has 0 saturated carbocycles. The Morgan fingerprint density at radius 2 is 2.20 bits per heavy atom. The highest BCUT2D eigenvalue weighted by Crippen LogP contribution is 2.31. The van der Waals surface area contributed by atoms with Gasteiger partial charge in [-0.15, -0.1) is 0 Å². The molecule has 56 valence electrons. The molecule has 0 aromatic heterocycles. The Kier molecular flexibility index (Phi) is 1.98. The van der Waals surface area contributed by atoms with Crippen LogP contribution in [0.5, 0.6) is 0 Å². The number of hydrogen-bond donors (Lipinski definition) is 0. The van der Waals surface area contributed by atoms with Crippen molar-refractivity contribution < 1.29 is 0 Å². The molecular weight excluding hydrogens is 120 g/mol. The van der Waals surface area contributed by atoms with Gasteiger partial charge >= 0.3 is 0 Å². The maximum absolute atomic E-state index is 2.31. The fourth-order valence-electron chi connectivity index (χ4n) is 1.21. The van der Waals surface area contributed by atoms with E-state index in [2.05, 4.69) is 39.0 Å². The lowest BCUT2D eigenvalue weighted by Crippen LogP contribution is -2.10. The maximum atomic E-state index is 2.31. The number of rotatable bonds is 0. The molecule has 1 rings (SSSR count). The van der Waals surface area contributed by atoms with Gasteiger partial charge in [0, 0.05) is 0 Å². The van der Waals surface area contributed by atoms with Gasteiger partial charge in [0.25, 0.3) is 0 Å². The van der Waals surface area contributed by atoms with Crippen molar-refractivity contribution >= 4 is 0 Å². The van der Waals surface area contributed by atoms with Crippen molar-refractivity contribution in [1.29, 1.82) is 0 Å². The topological polar surface area (TPSA) is 0 Å². The Hall–Kier alpha value is -0.520. The van der Waals surface area contributed by atoms with Crippen molar-refractivity contribution in [3.8, 4) is 0 Å². The minimum atomic E-state index is 0.437. The number of hydrogen-bond acceptors (Lipinski definition) is 0. The molecule has 0 heterocycles. The highest BCUT2D eigenvalue weighted by Gasteiger charge is 2.17. The molecule has 0 spiro atoms. The van der Waals surface area contributed by atoms with E-state index in [4.69, 9.17) is 0 Å². The molecule has 1 aliphatic carbocycles. The summed E-state index contributed by atoms with van der Waals surface area (Å²) in [5.41, 5.74) is 1.92. The van der Waals surface area contributed by atoms with E-state index in [1.807, 2.05) is 0 Å². The average molecular weight is 136 g/mol. The van der Waals surface area contributed by atoms with E-state index in [9.17, 15) is 0 Å². The molecule has 0 bridgehead atoms. The van der Waals surface area contributed by atoms with Crippen LogP contribution in [0.4, 0.5) is 0 Å². The second-order valence-electron chi connectivity index (χ2n) is 3.69. The van der Waals surface area contributed by atoms with Crippen LogP contribution in [0.3, 0.4) is 0 Å². The molecule has 0 fully saturated rings. The van der Waals surface area contributed by atoms with Gasteiger partial charge in [0.2, 0.25) is 0 Å². The first kappa shape index (κ1) is 7.59. The lowest BCUT2D eigenvalue weighted by atomic mass is 9.81. The van der Waals surface area contributed by atoms with Gasteiger partial charge in [0.05, 0.1) is 0 Å². The molecule has 0 aromatic carbocycles. The smallest absolute Gasteiger partial charge is 0.0168 e. The van der Waals surface area contributed by atoms with E-state index in [-0.39, 0.29) is 0 Å². The third kappa shape index (κ3) is 1.73. The molecule has 0 heteroatoms. The van der Waals surface area contributed by atoms with Crippen molar-refractivity contribution in [3.63, 3.8) is 0 Å². The summed E-state index contributed by atoms with van der Waals surface area (Å²) in [6.07, 6.45) is 9.31. The Labute approximate surface area is 63.6 Å². The minimum Gasteiger partial charge on any atom is -0.0845 e. The molecule has 10 heavy (non-hydrogen) atoms. The van der Waals surface area contributed by atoms with Crippen LogP contribution in [0, 0.1) is 5.41 Å². The summed E-state index contributed by atoms with van der Waals surface area (Å²) in [6.45, 7) is 6.68. The summed E-state index contributed by atoms with van der Waals surface area (Å²) in [6, 6.07) is 0. The first-order valence-corrected chi connectivity index (χ1v) is 3.98. The van der Waals surface area contributed by atoms with Crippen LogP contribution in [0.25, 0.3) is 0 Å². The van der Waals surface area contributed by atoms with E-state index in [1.165, 1.54) is 18.4 Å². The van der Waals surface area contributed by atoms with Gasteiger partial charge < -0.3 is 0 Å². The Balaban J connectivity index is 2.70. The molecule has 0 saturated heterocycles. The molecule has 0 radical (unpaired) electrons. The van der Waals surface area contributed by atoms with Crippen molar-refractivity contribution in [3.05, 3.63) is 23.8 Å². The Morgan fingerprint density at radius 3 is 2.60 bits per heavy atom. The zero-order chi connectivity index (χ0) is 7.61. The van der Waals surface area contributed by atoms with Crippen molar-refractivity contribution in [2.75, 3.05) is 0 Å². The molecule has 0 atom stereocenters. The van der Waals surface area contributed by atoms with Crippen molar-refractivity contribution in [2.24, 2.45) is 5.41 Å². The maximum Gasteiger partial charge on any atom is -0.0168 e. The summed E-state index contributed by atoms with van der Waals surface area (Å²) >= 11 is 0. The quantitative estimate of drug-likeness (QED) is 0.479. The highest BCUT2D eigenvalue weighted by molar-refractivity contribution is 5.23. The standard InChI is InChI=1S/C10H16/c1-4-9-5-7-10(2,3)8-6-9/h4-5,7H,6,8H2,1-3H3. The average Bonchev–Trinajstić information content (AvgIpc) is 1.88.